The van der Waals surface area contributed by atoms with E-state index in [1.165, 1.54) is 78.9 Å². The number of para-hydroxylation sites is 1. The van der Waals surface area contributed by atoms with E-state index in [-0.39, 0.29) is 46.5 Å². The van der Waals surface area contributed by atoms with Gasteiger partial charge in [-0.3, -0.25) is 9.59 Å². The molecule has 0 saturated carbocycles. The second-order valence-corrected chi connectivity index (χ2v) is 16.6. The Morgan fingerprint density at radius 2 is 1.29 bits per heavy atom. The van der Waals surface area contributed by atoms with Crippen molar-refractivity contribution in [2.24, 2.45) is 0 Å². The zero-order chi connectivity index (χ0) is 46.7. The van der Waals surface area contributed by atoms with Crippen molar-refractivity contribution in [2.75, 3.05) is 6.54 Å². The summed E-state index contributed by atoms with van der Waals surface area (Å²) in [6.07, 6.45) is -8.73. The number of benzene rings is 5. The number of carbonyl (C=O) groups is 2. The number of likely N-dealkylation sites (tertiary alicyclic amines) is 1. The van der Waals surface area contributed by atoms with E-state index < -0.39 is 82.3 Å². The molecule has 3 aromatic heterocycles. The van der Waals surface area contributed by atoms with Gasteiger partial charge in [-0.1, -0.05) is 65.7 Å². The normalized spacial score (nSPS) is 15.5. The van der Waals surface area contributed by atoms with Crippen LogP contribution >= 0.6 is 23.2 Å². The summed E-state index contributed by atoms with van der Waals surface area (Å²) in [6, 6.07) is 26.1. The largest absolute Gasteiger partial charge is 0.434 e. The molecule has 1 aliphatic heterocycles. The maximum absolute atomic E-state index is 15.7. The van der Waals surface area contributed by atoms with E-state index in [9.17, 15) is 13.6 Å². The van der Waals surface area contributed by atoms with Gasteiger partial charge in [0.25, 0.3) is 5.91 Å². The zero-order valence-corrected chi connectivity index (χ0v) is 35.5. The van der Waals surface area contributed by atoms with Crippen LogP contribution in [0.5, 0.6) is 0 Å². The Morgan fingerprint density at radius 1 is 0.697 bits per heavy atom. The Morgan fingerprint density at radius 3 is 1.91 bits per heavy atom. The van der Waals surface area contributed by atoms with Crippen molar-refractivity contribution in [2.45, 2.75) is 43.7 Å². The van der Waals surface area contributed by atoms with Crippen molar-refractivity contribution in [3.63, 3.8) is 0 Å². The molecule has 0 N–H and O–H groups in total. The summed E-state index contributed by atoms with van der Waals surface area (Å²) in [4.78, 5) is 31.4. The van der Waals surface area contributed by atoms with E-state index in [0.717, 1.165) is 17.0 Å². The van der Waals surface area contributed by atoms with Crippen LogP contribution in [0.4, 0.5) is 35.1 Å². The van der Waals surface area contributed by atoms with Crippen molar-refractivity contribution in [1.82, 2.24) is 29.0 Å². The lowest BCUT2D eigenvalue weighted by molar-refractivity contribution is -0.144. The molecule has 5 aromatic carbocycles. The maximum atomic E-state index is 15.7. The topological polar surface area (TPSA) is 78.0 Å². The summed E-state index contributed by atoms with van der Waals surface area (Å²) in [6.45, 7) is -0.256. The third-order valence-corrected chi connectivity index (χ3v) is 12.0. The predicted molar refractivity (Wildman–Crippen MR) is 230 cm³/mol. The minimum Gasteiger partial charge on any atom is -0.343 e. The third-order valence-electron chi connectivity index (χ3n) is 11.5. The van der Waals surface area contributed by atoms with Gasteiger partial charge in [-0.15, -0.1) is 0 Å². The highest BCUT2D eigenvalue weighted by atomic mass is 35.5. The van der Waals surface area contributed by atoms with E-state index in [1.807, 2.05) is 0 Å². The molecule has 9 rings (SSSR count). The number of ketones is 1. The van der Waals surface area contributed by atoms with Gasteiger partial charge in [-0.05, 0) is 102 Å². The van der Waals surface area contributed by atoms with Gasteiger partial charge in [-0.25, -0.2) is 18.1 Å². The highest BCUT2D eigenvalue weighted by Gasteiger charge is 2.51. The number of rotatable bonds is 10. The summed E-state index contributed by atoms with van der Waals surface area (Å²) in [5.41, 5.74) is -3.93. The molecule has 8 nitrogen and oxygen atoms in total. The SMILES string of the molecule is O=C(c1c(Cc2cccc(F)c2)nn(-c2ccc(Cl)cc2)c1C(F)(F)F)C1C(c2cn(Cc3cccc(F)c3)c3ccccc23)CCN1C(=O)c1cnn(-c2ccc(Cl)cc2)c1C(F)(F)F. The number of carbonyl (C=O) groups excluding carboxylic acids is 2. The molecular weight excluding hydrogens is 915 g/mol. The zero-order valence-electron chi connectivity index (χ0n) is 34.0. The van der Waals surface area contributed by atoms with E-state index in [4.69, 9.17) is 23.2 Å². The van der Waals surface area contributed by atoms with Crippen LogP contribution in [0.2, 0.25) is 10.0 Å². The van der Waals surface area contributed by atoms with Crippen LogP contribution in [0.3, 0.4) is 0 Å². The highest BCUT2D eigenvalue weighted by Crippen LogP contribution is 2.45. The van der Waals surface area contributed by atoms with Crippen molar-refractivity contribution in [3.05, 3.63) is 200 Å². The molecule has 66 heavy (non-hydrogen) atoms. The van der Waals surface area contributed by atoms with Gasteiger partial charge in [-0.2, -0.15) is 36.5 Å². The first kappa shape index (κ1) is 44.4. The molecule has 2 unspecified atom stereocenters. The third kappa shape index (κ3) is 8.46. The number of fused-ring (bicyclic) bond motifs is 1. The van der Waals surface area contributed by atoms with Crippen molar-refractivity contribution in [3.8, 4) is 11.4 Å². The van der Waals surface area contributed by atoms with Crippen LogP contribution in [0.1, 0.15) is 66.8 Å². The Bertz CT molecular complexity index is 3140. The molecule has 0 radical (unpaired) electrons. The minimum absolute atomic E-state index is 0.0886. The average molecular weight is 948 g/mol. The molecule has 0 aliphatic carbocycles. The lowest BCUT2D eigenvalue weighted by atomic mass is 9.85. The molecule has 2 atom stereocenters. The van der Waals surface area contributed by atoms with E-state index >= 15 is 31.1 Å². The van der Waals surface area contributed by atoms with Crippen LogP contribution in [0.15, 0.2) is 134 Å². The van der Waals surface area contributed by atoms with Gasteiger partial charge in [0.05, 0.1) is 34.4 Å². The number of amides is 1. The smallest absolute Gasteiger partial charge is 0.343 e. The Kier molecular flexibility index (Phi) is 11.6. The first-order valence-electron chi connectivity index (χ1n) is 20.2. The summed E-state index contributed by atoms with van der Waals surface area (Å²) in [7, 11) is 0. The number of alkyl halides is 6. The lowest BCUT2D eigenvalue weighted by Crippen LogP contribution is -2.44. The van der Waals surface area contributed by atoms with Crippen LogP contribution in [0, 0.1) is 11.6 Å². The van der Waals surface area contributed by atoms with E-state index in [0.29, 0.717) is 37.6 Å². The first-order chi connectivity index (χ1) is 31.5. The summed E-state index contributed by atoms with van der Waals surface area (Å²) in [5.74, 6) is -4.92. The van der Waals surface area contributed by atoms with E-state index in [2.05, 4.69) is 10.2 Å². The molecule has 1 fully saturated rings. The summed E-state index contributed by atoms with van der Waals surface area (Å²) in [5, 5.41) is 9.17. The van der Waals surface area contributed by atoms with Crippen LogP contribution in [-0.4, -0.2) is 53.3 Å². The van der Waals surface area contributed by atoms with Crippen LogP contribution < -0.4 is 0 Å². The molecule has 336 valence electrons. The number of nitrogens with zero attached hydrogens (tertiary/aromatic N) is 6. The second kappa shape index (κ2) is 17.2. The molecule has 8 aromatic rings. The van der Waals surface area contributed by atoms with Crippen LogP contribution in [0.25, 0.3) is 22.3 Å². The Hall–Kier alpha value is -6.78. The van der Waals surface area contributed by atoms with Crippen molar-refractivity contribution < 1.29 is 44.7 Å². The van der Waals surface area contributed by atoms with Crippen molar-refractivity contribution in [1.29, 1.82) is 0 Å². The number of aromatic nitrogens is 5. The molecule has 1 amide bonds. The van der Waals surface area contributed by atoms with Gasteiger partial charge in [0, 0.05) is 52.6 Å². The fourth-order valence-corrected chi connectivity index (χ4v) is 9.03. The monoisotopic (exact) mass is 946 g/mol. The predicted octanol–water partition coefficient (Wildman–Crippen LogP) is 12.2. The number of Topliss-reactive ketones (excluding diaryl/α,β-unsaturated/α-hetero) is 1. The van der Waals surface area contributed by atoms with Gasteiger partial charge in [0.15, 0.2) is 17.2 Å². The molecule has 4 heterocycles. The minimum atomic E-state index is -5.30. The number of hydrogen-bond donors (Lipinski definition) is 0. The molecule has 18 heteroatoms. The van der Waals surface area contributed by atoms with Gasteiger partial charge < -0.3 is 9.47 Å². The van der Waals surface area contributed by atoms with Gasteiger partial charge >= 0.3 is 12.4 Å². The molecular formula is C48H32Cl2F8N6O2. The average Bonchev–Trinajstić information content (AvgIpc) is 4.07. The van der Waals surface area contributed by atoms with Gasteiger partial charge in [0.1, 0.15) is 17.7 Å². The molecule has 0 bridgehead atoms. The summed E-state index contributed by atoms with van der Waals surface area (Å²) >= 11 is 12.1. The summed E-state index contributed by atoms with van der Waals surface area (Å²) < 4.78 is 124. The first-order valence-corrected chi connectivity index (χ1v) is 21.0. The standard InChI is InChI=1S/C48H32Cl2F8N6O2/c49-29-11-15-33(16-12-29)63-44(47(53,54)55)37(24-59-63)46(66)62-20-19-36(38-26-61(40-10-2-1-9-35(38)40)25-28-6-4-8-32(52)22-28)42(62)43(65)41-39(23-27-5-3-7-31(51)21-27)60-64(45(41)48(56,57)58)34-17-13-30(50)14-18-34/h1-18,21-22,24,26,36,42H,19-20,23,25H2. The second-order valence-electron chi connectivity index (χ2n) is 15.7. The van der Waals surface area contributed by atoms with Crippen LogP contribution in [-0.2, 0) is 25.3 Å². The van der Waals surface area contributed by atoms with Crippen molar-refractivity contribution >= 4 is 45.8 Å². The number of halogens is 10. The number of hydrogen-bond acceptors (Lipinski definition) is 4. The fraction of sp³-hybridized carbons (Fsp3) is 0.167. The van der Waals surface area contributed by atoms with Gasteiger partial charge in [0.2, 0.25) is 0 Å². The maximum Gasteiger partial charge on any atom is 0.434 e. The lowest BCUT2D eigenvalue weighted by Gasteiger charge is -2.28. The quantitative estimate of drug-likeness (QED) is 0.101. The molecule has 0 spiro atoms. The fourth-order valence-electron chi connectivity index (χ4n) is 8.78. The Balaban J connectivity index is 1.26. The highest BCUT2D eigenvalue weighted by molar-refractivity contribution is 6.30. The molecule has 1 saturated heterocycles. The molecule has 1 aliphatic rings. The van der Waals surface area contributed by atoms with E-state index in [1.54, 1.807) is 41.1 Å². The Labute approximate surface area is 380 Å².